The van der Waals surface area contributed by atoms with Crippen LogP contribution in [0.25, 0.3) is 0 Å². The summed E-state index contributed by atoms with van der Waals surface area (Å²) in [5, 5.41) is 17.3. The molecule has 0 spiro atoms. The van der Waals surface area contributed by atoms with Gasteiger partial charge in [0.05, 0.1) is 12.2 Å². The Labute approximate surface area is 92.8 Å². The van der Waals surface area contributed by atoms with E-state index in [4.69, 9.17) is 10.2 Å². The number of carbonyl (C=O) groups excluding carboxylic acids is 2. The molecule has 0 bridgehead atoms. The van der Waals surface area contributed by atoms with Crippen molar-refractivity contribution in [3.05, 3.63) is 24.8 Å². The van der Waals surface area contributed by atoms with Crippen LogP contribution in [0.3, 0.4) is 0 Å². The van der Waals surface area contributed by atoms with E-state index in [1.54, 1.807) is 0 Å². The lowest BCUT2D eigenvalue weighted by Gasteiger charge is -2.09. The van der Waals surface area contributed by atoms with Crippen LogP contribution in [0.5, 0.6) is 0 Å². The molecule has 0 aliphatic carbocycles. The number of hydrogen-bond acceptors (Lipinski definition) is 6. The van der Waals surface area contributed by atoms with Crippen molar-refractivity contribution in [2.45, 2.75) is 6.10 Å². The van der Waals surface area contributed by atoms with E-state index in [9.17, 15) is 9.59 Å². The first-order chi connectivity index (χ1) is 7.51. The molecule has 16 heavy (non-hydrogen) atoms. The van der Waals surface area contributed by atoms with Crippen molar-refractivity contribution in [2.75, 3.05) is 19.8 Å². The van der Waals surface area contributed by atoms with Gasteiger partial charge in [0.1, 0.15) is 19.3 Å². The number of ether oxygens (including phenoxy) is 2. The van der Waals surface area contributed by atoms with Gasteiger partial charge in [0, 0.05) is 6.08 Å². The quantitative estimate of drug-likeness (QED) is 0.438. The van der Waals surface area contributed by atoms with Crippen molar-refractivity contribution in [3.63, 3.8) is 0 Å². The number of esters is 2. The predicted molar refractivity (Wildman–Crippen MR) is 54.3 cm³/mol. The first kappa shape index (κ1) is 14.3. The summed E-state index contributed by atoms with van der Waals surface area (Å²) in [6, 6.07) is 0. The maximum atomic E-state index is 11.1. The Bertz CT molecular complexity index is 283. The van der Waals surface area contributed by atoms with Gasteiger partial charge in [0.2, 0.25) is 0 Å². The number of aliphatic hydroxyl groups is 2. The highest BCUT2D eigenvalue weighted by Gasteiger charge is 2.12. The van der Waals surface area contributed by atoms with Crippen LogP contribution in [-0.4, -0.2) is 48.1 Å². The zero-order valence-corrected chi connectivity index (χ0v) is 8.72. The van der Waals surface area contributed by atoms with Gasteiger partial charge in [-0.05, 0) is 0 Å². The Hall–Kier alpha value is -1.66. The number of aliphatic hydroxyl groups excluding tert-OH is 2. The van der Waals surface area contributed by atoms with E-state index in [1.807, 2.05) is 0 Å². The van der Waals surface area contributed by atoms with Gasteiger partial charge >= 0.3 is 11.9 Å². The lowest BCUT2D eigenvalue weighted by molar-refractivity contribution is -0.144. The number of hydrogen-bond donors (Lipinski definition) is 2. The third kappa shape index (κ3) is 5.94. The van der Waals surface area contributed by atoms with Crippen molar-refractivity contribution in [1.29, 1.82) is 0 Å². The fourth-order valence-corrected chi connectivity index (χ4v) is 0.603. The molecule has 0 heterocycles. The Balaban J connectivity index is 3.86. The van der Waals surface area contributed by atoms with Gasteiger partial charge in [-0.2, -0.15) is 0 Å². The molecule has 0 aliphatic heterocycles. The normalized spacial score (nSPS) is 11.4. The molecule has 0 aromatic carbocycles. The summed E-state index contributed by atoms with van der Waals surface area (Å²) in [7, 11) is 0. The van der Waals surface area contributed by atoms with Gasteiger partial charge in [0.15, 0.2) is 0 Å². The van der Waals surface area contributed by atoms with Crippen LogP contribution < -0.4 is 0 Å². The first-order valence-electron chi connectivity index (χ1n) is 4.44. The second-order valence-corrected chi connectivity index (χ2v) is 2.85. The van der Waals surface area contributed by atoms with E-state index >= 15 is 0 Å². The summed E-state index contributed by atoms with van der Waals surface area (Å²) in [4.78, 5) is 21.8. The van der Waals surface area contributed by atoms with Crippen molar-refractivity contribution < 1.29 is 29.3 Å². The van der Waals surface area contributed by atoms with Crippen LogP contribution in [0.2, 0.25) is 0 Å². The monoisotopic (exact) mass is 230 g/mol. The molecule has 0 rings (SSSR count). The average Bonchev–Trinajstić information content (AvgIpc) is 2.31. The summed E-state index contributed by atoms with van der Waals surface area (Å²) >= 11 is 0. The van der Waals surface area contributed by atoms with Gasteiger partial charge in [-0.15, -0.1) is 0 Å². The highest BCUT2D eigenvalue weighted by Crippen LogP contribution is 1.98. The van der Waals surface area contributed by atoms with Gasteiger partial charge in [-0.25, -0.2) is 9.59 Å². The smallest absolute Gasteiger partial charge is 0.336 e. The van der Waals surface area contributed by atoms with Crippen molar-refractivity contribution in [3.8, 4) is 0 Å². The van der Waals surface area contributed by atoms with Crippen LogP contribution in [0.4, 0.5) is 0 Å². The van der Waals surface area contributed by atoms with Crippen molar-refractivity contribution in [2.24, 2.45) is 0 Å². The van der Waals surface area contributed by atoms with E-state index < -0.39 is 24.6 Å². The molecule has 6 heteroatoms. The number of carbonyl (C=O) groups is 2. The molecule has 0 saturated carbocycles. The Morgan fingerprint density at radius 3 is 2.50 bits per heavy atom. The van der Waals surface area contributed by atoms with Gasteiger partial charge in [-0.3, -0.25) is 0 Å². The number of rotatable bonds is 7. The molecule has 0 aliphatic rings. The molecule has 0 amide bonds. The molecule has 0 aromatic heterocycles. The Morgan fingerprint density at radius 2 is 2.00 bits per heavy atom. The largest absolute Gasteiger partial charge is 0.459 e. The fraction of sp³-hybridized carbons (Fsp3) is 0.400. The highest BCUT2D eigenvalue weighted by molar-refractivity contribution is 5.89. The van der Waals surface area contributed by atoms with Gasteiger partial charge in [-0.1, -0.05) is 13.2 Å². The molecular weight excluding hydrogens is 216 g/mol. The third-order valence-corrected chi connectivity index (χ3v) is 1.46. The molecule has 2 N–H and O–H groups in total. The lowest BCUT2D eigenvalue weighted by Crippen LogP contribution is -2.23. The molecule has 0 saturated heterocycles. The van der Waals surface area contributed by atoms with Gasteiger partial charge < -0.3 is 19.7 Å². The summed E-state index contributed by atoms with van der Waals surface area (Å²) in [6.07, 6.45) is -0.179. The fourth-order valence-electron chi connectivity index (χ4n) is 0.603. The third-order valence-electron chi connectivity index (χ3n) is 1.46. The first-order valence-corrected chi connectivity index (χ1v) is 4.44. The van der Waals surface area contributed by atoms with Crippen molar-refractivity contribution in [1.82, 2.24) is 0 Å². The second kappa shape index (κ2) is 7.61. The lowest BCUT2D eigenvalue weighted by atomic mass is 10.3. The van der Waals surface area contributed by atoms with E-state index in [0.717, 1.165) is 6.08 Å². The van der Waals surface area contributed by atoms with Crippen LogP contribution in [0, 0.1) is 0 Å². The minimum absolute atomic E-state index is 0.0691. The molecule has 1 atom stereocenters. The molecule has 90 valence electrons. The summed E-state index contributed by atoms with van der Waals surface area (Å²) in [5.74, 6) is -1.48. The Morgan fingerprint density at radius 1 is 1.38 bits per heavy atom. The average molecular weight is 230 g/mol. The molecule has 0 radical (unpaired) electrons. The van der Waals surface area contributed by atoms with Crippen LogP contribution >= 0.6 is 0 Å². The van der Waals surface area contributed by atoms with E-state index in [-0.39, 0.29) is 18.8 Å². The molecule has 0 aromatic rings. The Kier molecular flexibility index (Phi) is 6.82. The maximum Gasteiger partial charge on any atom is 0.336 e. The maximum absolute atomic E-state index is 11.1. The van der Waals surface area contributed by atoms with Crippen LogP contribution in [0.15, 0.2) is 24.8 Å². The minimum atomic E-state index is -1.13. The standard InChI is InChI=1S/C10H14O6/c1-3-9(13)15-5-7(2)10(14)16-6-8(12)4-11/h3,8,11-12H,1-2,4-6H2. The van der Waals surface area contributed by atoms with E-state index in [2.05, 4.69) is 22.6 Å². The van der Waals surface area contributed by atoms with Crippen LogP contribution in [0.1, 0.15) is 0 Å². The molecule has 0 fully saturated rings. The molecular formula is C10H14O6. The highest BCUT2D eigenvalue weighted by atomic mass is 16.6. The van der Waals surface area contributed by atoms with Gasteiger partial charge in [0.25, 0.3) is 0 Å². The SMILES string of the molecule is C=CC(=O)OCC(=C)C(=O)OCC(O)CO. The van der Waals surface area contributed by atoms with Crippen molar-refractivity contribution >= 4 is 11.9 Å². The van der Waals surface area contributed by atoms with Crippen LogP contribution in [-0.2, 0) is 19.1 Å². The van der Waals surface area contributed by atoms with E-state index in [0.29, 0.717) is 0 Å². The zero-order valence-electron chi connectivity index (χ0n) is 8.72. The second-order valence-electron chi connectivity index (χ2n) is 2.85. The topological polar surface area (TPSA) is 93.1 Å². The summed E-state index contributed by atoms with van der Waals surface area (Å²) in [6.45, 7) is 5.35. The predicted octanol–water partition coefficient (Wildman–Crippen LogP) is -0.832. The van der Waals surface area contributed by atoms with E-state index in [1.165, 1.54) is 0 Å². The zero-order chi connectivity index (χ0) is 12.6. The molecule has 1 unspecified atom stereocenters. The molecule has 6 nitrogen and oxygen atoms in total. The summed E-state index contributed by atoms with van der Waals surface area (Å²) < 4.78 is 9.09. The summed E-state index contributed by atoms with van der Waals surface area (Å²) in [5.41, 5.74) is -0.0691. The minimum Gasteiger partial charge on any atom is -0.459 e.